The molecule has 1 heterocycles. The molecule has 3 aromatic rings. The van der Waals surface area contributed by atoms with Crippen LogP contribution >= 0.6 is 22.9 Å². The van der Waals surface area contributed by atoms with Gasteiger partial charge in [-0.2, -0.15) is 0 Å². The van der Waals surface area contributed by atoms with Crippen molar-refractivity contribution in [3.63, 3.8) is 0 Å². The van der Waals surface area contributed by atoms with Crippen molar-refractivity contribution in [3.05, 3.63) is 76.0 Å². The molecule has 6 nitrogen and oxygen atoms in total. The lowest BCUT2D eigenvalue weighted by atomic mass is 10.2. The number of nitrogens with one attached hydrogen (secondary N) is 2. The molecule has 2 aromatic carbocycles. The number of benzene rings is 2. The molecule has 0 aliphatic rings. The maximum Gasteiger partial charge on any atom is 0.260 e. The number of thiazole rings is 1. The van der Waals surface area contributed by atoms with E-state index in [-0.39, 0.29) is 17.9 Å². The van der Waals surface area contributed by atoms with E-state index in [0.29, 0.717) is 34.7 Å². The van der Waals surface area contributed by atoms with Crippen LogP contribution in [0.5, 0.6) is 5.75 Å². The first-order valence-electron chi connectivity index (χ1n) is 8.66. The van der Waals surface area contributed by atoms with E-state index in [4.69, 9.17) is 16.3 Å². The molecule has 0 aliphatic heterocycles. The molecule has 0 radical (unpaired) electrons. The Bertz CT molecular complexity index is 995. The second kappa shape index (κ2) is 9.99. The average molecular weight is 434 g/mol. The molecule has 0 atom stereocenters. The SMILES string of the molecule is O=C(Cc1csc(NC(=O)c2ccccc2F)n1)NCCOc1ccc(Cl)cc1. The van der Waals surface area contributed by atoms with Crippen LogP contribution in [-0.2, 0) is 11.2 Å². The van der Waals surface area contributed by atoms with Crippen LogP contribution in [0, 0.1) is 5.82 Å². The molecule has 150 valence electrons. The Balaban J connectivity index is 1.42. The summed E-state index contributed by atoms with van der Waals surface area (Å²) in [5, 5.41) is 7.86. The van der Waals surface area contributed by atoms with Gasteiger partial charge in [-0.05, 0) is 36.4 Å². The highest BCUT2D eigenvalue weighted by atomic mass is 35.5. The summed E-state index contributed by atoms with van der Waals surface area (Å²) in [5.41, 5.74) is 0.442. The number of carbonyl (C=O) groups is 2. The molecular weight excluding hydrogens is 417 g/mol. The fourth-order valence-corrected chi connectivity index (χ4v) is 3.20. The molecule has 9 heteroatoms. The summed E-state index contributed by atoms with van der Waals surface area (Å²) in [7, 11) is 0. The van der Waals surface area contributed by atoms with Crippen LogP contribution in [-0.4, -0.2) is 29.9 Å². The van der Waals surface area contributed by atoms with Crippen LogP contribution in [0.15, 0.2) is 53.9 Å². The van der Waals surface area contributed by atoms with Gasteiger partial charge in [0.1, 0.15) is 18.2 Å². The Morgan fingerprint density at radius 3 is 2.66 bits per heavy atom. The zero-order valence-electron chi connectivity index (χ0n) is 15.2. The summed E-state index contributed by atoms with van der Waals surface area (Å²) < 4.78 is 19.1. The molecule has 3 rings (SSSR count). The third-order valence-electron chi connectivity index (χ3n) is 3.74. The first kappa shape index (κ1) is 20.8. The average Bonchev–Trinajstić information content (AvgIpc) is 3.13. The number of ether oxygens (including phenoxy) is 1. The number of carbonyl (C=O) groups excluding carboxylic acids is 2. The Morgan fingerprint density at radius 2 is 1.90 bits per heavy atom. The predicted molar refractivity (Wildman–Crippen MR) is 110 cm³/mol. The zero-order valence-corrected chi connectivity index (χ0v) is 16.7. The van der Waals surface area contributed by atoms with Gasteiger partial charge >= 0.3 is 0 Å². The lowest BCUT2D eigenvalue weighted by Crippen LogP contribution is -2.29. The molecule has 0 fully saturated rings. The minimum Gasteiger partial charge on any atom is -0.492 e. The predicted octanol–water partition coefficient (Wildman–Crippen LogP) is 3.93. The normalized spacial score (nSPS) is 10.4. The van der Waals surface area contributed by atoms with Gasteiger partial charge in [-0.3, -0.25) is 14.9 Å². The van der Waals surface area contributed by atoms with Crippen LogP contribution in [0.4, 0.5) is 9.52 Å². The summed E-state index contributed by atoms with van der Waals surface area (Å²) in [6.45, 7) is 0.650. The van der Waals surface area contributed by atoms with Gasteiger partial charge < -0.3 is 10.1 Å². The van der Waals surface area contributed by atoms with Gasteiger partial charge in [-0.25, -0.2) is 9.37 Å². The van der Waals surface area contributed by atoms with Crippen molar-refractivity contribution in [2.75, 3.05) is 18.5 Å². The minimum absolute atomic E-state index is 0.0625. The number of aromatic nitrogens is 1. The molecule has 29 heavy (non-hydrogen) atoms. The van der Waals surface area contributed by atoms with E-state index in [2.05, 4.69) is 15.6 Å². The molecule has 0 aliphatic carbocycles. The molecule has 0 saturated heterocycles. The number of amides is 2. The fraction of sp³-hybridized carbons (Fsp3) is 0.150. The Kier molecular flexibility index (Phi) is 7.15. The number of anilines is 1. The molecule has 0 unspecified atom stereocenters. The van der Waals surface area contributed by atoms with E-state index in [1.54, 1.807) is 35.7 Å². The molecule has 0 bridgehead atoms. The number of nitrogens with zero attached hydrogens (tertiary/aromatic N) is 1. The van der Waals surface area contributed by atoms with Gasteiger partial charge in [0.05, 0.1) is 24.2 Å². The van der Waals surface area contributed by atoms with E-state index in [9.17, 15) is 14.0 Å². The summed E-state index contributed by atoms with van der Waals surface area (Å²) >= 11 is 6.97. The Morgan fingerprint density at radius 1 is 1.14 bits per heavy atom. The van der Waals surface area contributed by atoms with Gasteiger partial charge in [0.25, 0.3) is 5.91 Å². The Hall–Kier alpha value is -2.97. The van der Waals surface area contributed by atoms with Crippen LogP contribution in [0.2, 0.25) is 5.02 Å². The van der Waals surface area contributed by atoms with Gasteiger partial charge in [0.2, 0.25) is 5.91 Å². The second-order valence-corrected chi connectivity index (χ2v) is 7.20. The quantitative estimate of drug-likeness (QED) is 0.527. The number of hydrogen-bond donors (Lipinski definition) is 2. The van der Waals surface area contributed by atoms with Crippen molar-refractivity contribution >= 4 is 39.9 Å². The lowest BCUT2D eigenvalue weighted by Gasteiger charge is -2.07. The van der Waals surface area contributed by atoms with Gasteiger partial charge in [0.15, 0.2) is 5.13 Å². The lowest BCUT2D eigenvalue weighted by molar-refractivity contribution is -0.120. The third-order valence-corrected chi connectivity index (χ3v) is 4.80. The molecule has 1 aromatic heterocycles. The molecule has 2 amide bonds. The number of hydrogen-bond acceptors (Lipinski definition) is 5. The Labute approximate surface area is 175 Å². The highest BCUT2D eigenvalue weighted by Crippen LogP contribution is 2.18. The third kappa shape index (κ3) is 6.27. The number of halogens is 2. The topological polar surface area (TPSA) is 80.3 Å². The van der Waals surface area contributed by atoms with E-state index >= 15 is 0 Å². The summed E-state index contributed by atoms with van der Waals surface area (Å²) in [6.07, 6.45) is 0.0625. The van der Waals surface area contributed by atoms with Crippen LogP contribution in [0.3, 0.4) is 0 Å². The van der Waals surface area contributed by atoms with Crippen molar-refractivity contribution in [3.8, 4) is 5.75 Å². The van der Waals surface area contributed by atoms with Crippen molar-refractivity contribution in [2.24, 2.45) is 0 Å². The fourth-order valence-electron chi connectivity index (χ4n) is 2.37. The van der Waals surface area contributed by atoms with Crippen LogP contribution in [0.25, 0.3) is 0 Å². The summed E-state index contributed by atoms with van der Waals surface area (Å²) in [6, 6.07) is 12.6. The van der Waals surface area contributed by atoms with Crippen LogP contribution < -0.4 is 15.4 Å². The first-order chi connectivity index (χ1) is 14.0. The molecular formula is C20H17ClFN3O3S. The summed E-state index contributed by atoms with van der Waals surface area (Å²) in [5.74, 6) is -0.754. The van der Waals surface area contributed by atoms with E-state index in [1.807, 2.05) is 0 Å². The maximum absolute atomic E-state index is 13.6. The monoisotopic (exact) mass is 433 g/mol. The van der Waals surface area contributed by atoms with Crippen molar-refractivity contribution in [1.82, 2.24) is 10.3 Å². The highest BCUT2D eigenvalue weighted by Gasteiger charge is 2.14. The largest absolute Gasteiger partial charge is 0.492 e. The second-order valence-electron chi connectivity index (χ2n) is 5.91. The van der Waals surface area contributed by atoms with Gasteiger partial charge in [-0.1, -0.05) is 23.7 Å². The maximum atomic E-state index is 13.6. The molecule has 0 saturated carbocycles. The molecule has 2 N–H and O–H groups in total. The van der Waals surface area contributed by atoms with Crippen molar-refractivity contribution in [1.29, 1.82) is 0 Å². The highest BCUT2D eigenvalue weighted by molar-refractivity contribution is 7.14. The van der Waals surface area contributed by atoms with E-state index in [1.165, 1.54) is 29.5 Å². The van der Waals surface area contributed by atoms with E-state index in [0.717, 1.165) is 0 Å². The zero-order chi connectivity index (χ0) is 20.6. The van der Waals surface area contributed by atoms with Crippen LogP contribution in [0.1, 0.15) is 16.1 Å². The standard InChI is InChI=1S/C20H17ClFN3O3S/c21-13-5-7-15(8-6-13)28-10-9-23-18(26)11-14-12-29-20(24-14)25-19(27)16-3-1-2-4-17(16)22/h1-8,12H,9-11H2,(H,23,26)(H,24,25,27). The first-order valence-corrected chi connectivity index (χ1v) is 9.92. The van der Waals surface area contributed by atoms with Crippen molar-refractivity contribution < 1.29 is 18.7 Å². The molecule has 0 spiro atoms. The number of rotatable bonds is 8. The van der Waals surface area contributed by atoms with Crippen molar-refractivity contribution in [2.45, 2.75) is 6.42 Å². The smallest absolute Gasteiger partial charge is 0.260 e. The van der Waals surface area contributed by atoms with E-state index < -0.39 is 11.7 Å². The van der Waals surface area contributed by atoms with Gasteiger partial charge in [0, 0.05) is 10.4 Å². The van der Waals surface area contributed by atoms with Gasteiger partial charge in [-0.15, -0.1) is 11.3 Å². The minimum atomic E-state index is -0.609. The summed E-state index contributed by atoms with van der Waals surface area (Å²) in [4.78, 5) is 28.3.